The van der Waals surface area contributed by atoms with E-state index in [0.29, 0.717) is 11.7 Å². The third-order valence-corrected chi connectivity index (χ3v) is 3.62. The molecular formula is C16H19N5. The van der Waals surface area contributed by atoms with Gasteiger partial charge in [0.05, 0.1) is 0 Å². The fourth-order valence-corrected chi connectivity index (χ4v) is 2.49. The monoisotopic (exact) mass is 281 g/mol. The number of nitrogens with zero attached hydrogens (tertiary/aromatic N) is 3. The van der Waals surface area contributed by atoms with Crippen LogP contribution >= 0.6 is 0 Å². The summed E-state index contributed by atoms with van der Waals surface area (Å²) >= 11 is 0. The summed E-state index contributed by atoms with van der Waals surface area (Å²) in [5.74, 6) is 1.89. The van der Waals surface area contributed by atoms with Crippen LogP contribution in [0.25, 0.3) is 11.2 Å². The van der Waals surface area contributed by atoms with Gasteiger partial charge in [-0.05, 0) is 49.6 Å². The van der Waals surface area contributed by atoms with Gasteiger partial charge in [0.15, 0.2) is 5.65 Å². The van der Waals surface area contributed by atoms with Crippen LogP contribution in [0.2, 0.25) is 0 Å². The molecule has 5 nitrogen and oxygen atoms in total. The largest absolute Gasteiger partial charge is 0.384 e. The molecule has 5 heteroatoms. The third-order valence-electron chi connectivity index (χ3n) is 3.62. The maximum atomic E-state index is 5.79. The summed E-state index contributed by atoms with van der Waals surface area (Å²) in [4.78, 5) is 16.5. The zero-order valence-electron chi connectivity index (χ0n) is 12.3. The number of rotatable bonds is 4. The lowest BCUT2D eigenvalue weighted by Gasteiger charge is -2.09. The number of aryl methyl sites for hydroxylation is 2. The second-order valence-corrected chi connectivity index (χ2v) is 5.49. The van der Waals surface area contributed by atoms with Gasteiger partial charge in [0.25, 0.3) is 0 Å². The van der Waals surface area contributed by atoms with Gasteiger partial charge in [-0.15, -0.1) is 0 Å². The fraction of sp³-hybridized carbons (Fsp3) is 0.312. The molecule has 3 heterocycles. The first-order valence-electron chi connectivity index (χ1n) is 7.15. The maximum absolute atomic E-state index is 5.79. The summed E-state index contributed by atoms with van der Waals surface area (Å²) in [6, 6.07) is 7.84. The van der Waals surface area contributed by atoms with E-state index in [9.17, 15) is 0 Å². The van der Waals surface area contributed by atoms with E-state index in [-0.39, 0.29) is 0 Å². The SMILES string of the molecule is Cc1cc(N)nc(CCC(C)c2nc3cccnc3[nH]2)c1. The van der Waals surface area contributed by atoms with Crippen LogP contribution in [0, 0.1) is 6.92 Å². The average molecular weight is 281 g/mol. The van der Waals surface area contributed by atoms with Crippen LogP contribution in [0.4, 0.5) is 5.82 Å². The Morgan fingerprint density at radius 3 is 2.90 bits per heavy atom. The van der Waals surface area contributed by atoms with Crippen molar-refractivity contribution in [2.45, 2.75) is 32.6 Å². The molecule has 0 aromatic carbocycles. The van der Waals surface area contributed by atoms with Crippen molar-refractivity contribution in [3.63, 3.8) is 0 Å². The van der Waals surface area contributed by atoms with E-state index >= 15 is 0 Å². The van der Waals surface area contributed by atoms with Crippen LogP contribution in [0.15, 0.2) is 30.5 Å². The number of anilines is 1. The summed E-state index contributed by atoms with van der Waals surface area (Å²) < 4.78 is 0. The number of H-pyrrole nitrogens is 1. The van der Waals surface area contributed by atoms with Crippen LogP contribution < -0.4 is 5.73 Å². The Morgan fingerprint density at radius 1 is 1.29 bits per heavy atom. The highest BCUT2D eigenvalue weighted by molar-refractivity contribution is 5.69. The Morgan fingerprint density at radius 2 is 2.14 bits per heavy atom. The minimum Gasteiger partial charge on any atom is -0.384 e. The third kappa shape index (κ3) is 3.02. The molecule has 3 aromatic rings. The van der Waals surface area contributed by atoms with E-state index in [0.717, 1.165) is 41.1 Å². The number of pyridine rings is 2. The minimum atomic E-state index is 0.322. The van der Waals surface area contributed by atoms with Crippen molar-refractivity contribution < 1.29 is 0 Å². The number of hydrogen-bond acceptors (Lipinski definition) is 4. The molecule has 108 valence electrons. The standard InChI is InChI=1S/C16H19N5/c1-10-8-12(19-14(17)9-10)6-5-11(2)15-20-13-4-3-7-18-16(13)21-15/h3-4,7-9,11H,5-6H2,1-2H3,(H2,17,19)(H,18,20,21). The van der Waals surface area contributed by atoms with Crippen LogP contribution in [-0.4, -0.2) is 19.9 Å². The lowest BCUT2D eigenvalue weighted by molar-refractivity contribution is 0.641. The van der Waals surface area contributed by atoms with Gasteiger partial charge in [-0.25, -0.2) is 15.0 Å². The van der Waals surface area contributed by atoms with E-state index in [4.69, 9.17) is 5.73 Å². The second kappa shape index (κ2) is 5.52. The molecule has 0 saturated heterocycles. The maximum Gasteiger partial charge on any atom is 0.157 e. The summed E-state index contributed by atoms with van der Waals surface area (Å²) in [6.45, 7) is 4.20. The van der Waals surface area contributed by atoms with Crippen LogP contribution in [0.3, 0.4) is 0 Å². The lowest BCUT2D eigenvalue weighted by Crippen LogP contribution is -2.02. The molecule has 0 aliphatic rings. The highest BCUT2D eigenvalue weighted by atomic mass is 15.0. The second-order valence-electron chi connectivity index (χ2n) is 5.49. The molecule has 3 N–H and O–H groups in total. The van der Waals surface area contributed by atoms with E-state index in [2.05, 4.69) is 32.9 Å². The van der Waals surface area contributed by atoms with Crippen LogP contribution in [0.5, 0.6) is 0 Å². The summed E-state index contributed by atoms with van der Waals surface area (Å²) in [6.07, 6.45) is 3.63. The van der Waals surface area contributed by atoms with E-state index in [1.807, 2.05) is 25.1 Å². The van der Waals surface area contributed by atoms with Gasteiger partial charge in [0.1, 0.15) is 17.2 Å². The predicted molar refractivity (Wildman–Crippen MR) is 84.0 cm³/mol. The fourth-order valence-electron chi connectivity index (χ4n) is 2.49. The van der Waals surface area contributed by atoms with Crippen molar-refractivity contribution in [1.82, 2.24) is 19.9 Å². The molecule has 3 aromatic heterocycles. The molecule has 0 spiro atoms. The highest BCUT2D eigenvalue weighted by Crippen LogP contribution is 2.21. The first kappa shape index (κ1) is 13.5. The molecule has 0 bridgehead atoms. The Kier molecular flexibility index (Phi) is 3.56. The number of hydrogen-bond donors (Lipinski definition) is 2. The Balaban J connectivity index is 1.72. The predicted octanol–water partition coefficient (Wildman–Crippen LogP) is 2.98. The highest BCUT2D eigenvalue weighted by Gasteiger charge is 2.12. The van der Waals surface area contributed by atoms with Gasteiger partial charge < -0.3 is 10.7 Å². The normalized spacial score (nSPS) is 12.7. The molecule has 0 fully saturated rings. The number of fused-ring (bicyclic) bond motifs is 1. The molecule has 1 atom stereocenters. The number of nitrogen functional groups attached to an aromatic ring is 1. The molecule has 0 aliphatic heterocycles. The zero-order valence-corrected chi connectivity index (χ0v) is 12.3. The van der Waals surface area contributed by atoms with Crippen LogP contribution in [0.1, 0.15) is 36.3 Å². The quantitative estimate of drug-likeness (QED) is 0.770. The summed E-state index contributed by atoms with van der Waals surface area (Å²) in [7, 11) is 0. The van der Waals surface area contributed by atoms with Crippen LogP contribution in [-0.2, 0) is 6.42 Å². The number of nitrogens with two attached hydrogens (primary N) is 1. The number of aromatic amines is 1. The van der Waals surface area contributed by atoms with Crippen molar-refractivity contribution in [2.75, 3.05) is 5.73 Å². The van der Waals surface area contributed by atoms with E-state index < -0.39 is 0 Å². The molecule has 0 aliphatic carbocycles. The molecule has 0 saturated carbocycles. The zero-order chi connectivity index (χ0) is 14.8. The average Bonchev–Trinajstić information content (AvgIpc) is 2.87. The van der Waals surface area contributed by atoms with E-state index in [1.54, 1.807) is 6.20 Å². The van der Waals surface area contributed by atoms with Crippen molar-refractivity contribution in [2.24, 2.45) is 0 Å². The number of aromatic nitrogens is 4. The number of imidazole rings is 1. The van der Waals surface area contributed by atoms with E-state index in [1.165, 1.54) is 0 Å². The first-order valence-corrected chi connectivity index (χ1v) is 7.15. The molecule has 3 rings (SSSR count). The topological polar surface area (TPSA) is 80.5 Å². The minimum absolute atomic E-state index is 0.322. The lowest BCUT2D eigenvalue weighted by atomic mass is 10.0. The Bertz CT molecular complexity index is 709. The van der Waals surface area contributed by atoms with Gasteiger partial charge in [-0.2, -0.15) is 0 Å². The molecular weight excluding hydrogens is 262 g/mol. The van der Waals surface area contributed by atoms with Gasteiger partial charge >= 0.3 is 0 Å². The molecule has 21 heavy (non-hydrogen) atoms. The molecule has 1 unspecified atom stereocenters. The van der Waals surface area contributed by atoms with Gasteiger partial charge in [0.2, 0.25) is 0 Å². The summed E-state index contributed by atoms with van der Waals surface area (Å²) in [5.41, 5.74) is 9.74. The van der Waals surface area contributed by atoms with Gasteiger partial charge in [0, 0.05) is 17.8 Å². The Labute approximate surface area is 123 Å². The van der Waals surface area contributed by atoms with Crippen molar-refractivity contribution >= 4 is 17.0 Å². The smallest absolute Gasteiger partial charge is 0.157 e. The Hall–Kier alpha value is -2.43. The molecule has 0 amide bonds. The van der Waals surface area contributed by atoms with Gasteiger partial charge in [-0.3, -0.25) is 0 Å². The summed E-state index contributed by atoms with van der Waals surface area (Å²) in [5, 5.41) is 0. The van der Waals surface area contributed by atoms with Crippen molar-refractivity contribution in [3.05, 3.63) is 47.5 Å². The van der Waals surface area contributed by atoms with Crippen molar-refractivity contribution in [1.29, 1.82) is 0 Å². The van der Waals surface area contributed by atoms with Crippen molar-refractivity contribution in [3.8, 4) is 0 Å². The molecule has 0 radical (unpaired) electrons. The van der Waals surface area contributed by atoms with Gasteiger partial charge in [-0.1, -0.05) is 6.92 Å². The number of nitrogens with one attached hydrogen (secondary N) is 1. The first-order chi connectivity index (χ1) is 10.1.